The fourth-order valence-corrected chi connectivity index (χ4v) is 3.80. The third-order valence-electron chi connectivity index (χ3n) is 4.07. The van der Waals surface area contributed by atoms with Gasteiger partial charge in [0.2, 0.25) is 0 Å². The van der Waals surface area contributed by atoms with Gasteiger partial charge in [-0.05, 0) is 33.6 Å². The molecule has 4 heteroatoms. The molecule has 2 unspecified atom stereocenters. The van der Waals surface area contributed by atoms with Crippen LogP contribution in [0.5, 0.6) is 0 Å². The zero-order valence-electron chi connectivity index (χ0n) is 11.3. The van der Waals surface area contributed by atoms with Crippen LogP contribution >= 0.6 is 0 Å². The van der Waals surface area contributed by atoms with E-state index in [0.29, 0.717) is 0 Å². The Kier molecular flexibility index (Phi) is 3.96. The molecular weight excluding hydrogens is 234 g/mol. The maximum atomic E-state index is 12.2. The molecule has 2 aliphatic rings. The van der Waals surface area contributed by atoms with Crippen LogP contribution in [0.2, 0.25) is 0 Å². The Hall–Kier alpha value is 0.0700. The van der Waals surface area contributed by atoms with Crippen LogP contribution in [-0.2, 0) is 15.7 Å². The molecule has 17 heavy (non-hydrogen) atoms. The summed E-state index contributed by atoms with van der Waals surface area (Å²) >= 11 is 0. The maximum absolute atomic E-state index is 12.2. The van der Waals surface area contributed by atoms with Crippen molar-refractivity contribution in [1.29, 1.82) is 0 Å². The number of hydrogen-bond donors (Lipinski definition) is 1. The van der Waals surface area contributed by atoms with E-state index in [1.807, 2.05) is 20.8 Å². The molecule has 1 saturated heterocycles. The lowest BCUT2D eigenvalue weighted by Gasteiger charge is -2.38. The van der Waals surface area contributed by atoms with Crippen molar-refractivity contribution < 1.29 is 8.95 Å². The molecule has 1 aliphatic carbocycles. The van der Waals surface area contributed by atoms with Gasteiger partial charge in [-0.3, -0.25) is 0 Å². The van der Waals surface area contributed by atoms with Gasteiger partial charge >= 0.3 is 0 Å². The molecule has 1 N–H and O–H groups in total. The summed E-state index contributed by atoms with van der Waals surface area (Å²) in [6.07, 6.45) is 6.39. The molecule has 0 amide bonds. The van der Waals surface area contributed by atoms with Gasteiger partial charge in [0.15, 0.2) is 0 Å². The molecule has 1 saturated carbocycles. The highest BCUT2D eigenvalue weighted by Gasteiger charge is 2.45. The van der Waals surface area contributed by atoms with Gasteiger partial charge in [0.25, 0.3) is 0 Å². The normalized spacial score (nSPS) is 30.6. The van der Waals surface area contributed by atoms with E-state index in [-0.39, 0.29) is 16.2 Å². The largest absolute Gasteiger partial charge is 0.379 e. The number of ether oxygens (including phenoxy) is 1. The van der Waals surface area contributed by atoms with Crippen molar-refractivity contribution in [2.75, 3.05) is 13.2 Å². The molecule has 0 aromatic rings. The summed E-state index contributed by atoms with van der Waals surface area (Å²) in [5, 5.41) is 0. The zero-order valence-corrected chi connectivity index (χ0v) is 12.1. The van der Waals surface area contributed by atoms with Crippen molar-refractivity contribution in [3.8, 4) is 0 Å². The van der Waals surface area contributed by atoms with Crippen molar-refractivity contribution in [2.24, 2.45) is 5.41 Å². The lowest BCUT2D eigenvalue weighted by atomic mass is 9.71. The molecule has 3 nitrogen and oxygen atoms in total. The maximum Gasteiger partial charge on any atom is 0.0973 e. The van der Waals surface area contributed by atoms with Crippen LogP contribution in [0, 0.1) is 5.41 Å². The van der Waals surface area contributed by atoms with Gasteiger partial charge in [0, 0.05) is 5.41 Å². The summed E-state index contributed by atoms with van der Waals surface area (Å²) in [5.41, 5.74) is 0.263. The van der Waals surface area contributed by atoms with E-state index in [1.165, 1.54) is 32.1 Å². The smallest absolute Gasteiger partial charge is 0.0973 e. The van der Waals surface area contributed by atoms with E-state index in [1.54, 1.807) is 0 Å². The van der Waals surface area contributed by atoms with Crippen LogP contribution in [0.1, 0.15) is 52.9 Å². The van der Waals surface area contributed by atoms with Crippen LogP contribution in [0.3, 0.4) is 0 Å². The average molecular weight is 259 g/mol. The van der Waals surface area contributed by atoms with Crippen LogP contribution in [0.25, 0.3) is 0 Å². The third kappa shape index (κ3) is 2.91. The minimum atomic E-state index is -0.985. The predicted molar refractivity (Wildman–Crippen MR) is 71.2 cm³/mol. The molecule has 0 aromatic heterocycles. The molecule has 2 fully saturated rings. The van der Waals surface area contributed by atoms with Gasteiger partial charge in [-0.2, -0.15) is 0 Å². The summed E-state index contributed by atoms with van der Waals surface area (Å²) in [5.74, 6) is 0. The Morgan fingerprint density at radius 1 is 1.24 bits per heavy atom. The topological polar surface area (TPSA) is 38.3 Å². The predicted octanol–water partition coefficient (Wildman–Crippen LogP) is 2.39. The minimum absolute atomic E-state index is 0.196. The molecule has 2 rings (SSSR count). The first-order valence-corrected chi connectivity index (χ1v) is 7.85. The average Bonchev–Trinajstić information content (AvgIpc) is 2.61. The fourth-order valence-electron chi connectivity index (χ4n) is 2.87. The Balaban J connectivity index is 2.02. The van der Waals surface area contributed by atoms with Crippen LogP contribution < -0.4 is 4.72 Å². The first-order valence-electron chi connectivity index (χ1n) is 6.70. The van der Waals surface area contributed by atoms with E-state index in [2.05, 4.69) is 4.72 Å². The van der Waals surface area contributed by atoms with Gasteiger partial charge in [-0.1, -0.05) is 19.3 Å². The second-order valence-corrected chi connectivity index (χ2v) is 8.49. The van der Waals surface area contributed by atoms with E-state index in [9.17, 15) is 4.21 Å². The number of rotatable bonds is 2. The van der Waals surface area contributed by atoms with E-state index < -0.39 is 11.0 Å². The highest BCUT2D eigenvalue weighted by atomic mass is 32.2. The van der Waals surface area contributed by atoms with Crippen molar-refractivity contribution in [2.45, 2.75) is 63.7 Å². The van der Waals surface area contributed by atoms with Crippen molar-refractivity contribution in [3.05, 3.63) is 0 Å². The Labute approximate surface area is 107 Å². The van der Waals surface area contributed by atoms with Crippen molar-refractivity contribution >= 4 is 11.0 Å². The quantitative estimate of drug-likeness (QED) is 0.827. The van der Waals surface area contributed by atoms with Crippen LogP contribution in [-0.4, -0.2) is 28.2 Å². The van der Waals surface area contributed by atoms with Gasteiger partial charge in [-0.15, -0.1) is 0 Å². The first-order chi connectivity index (χ1) is 7.94. The van der Waals surface area contributed by atoms with Crippen LogP contribution in [0.15, 0.2) is 0 Å². The lowest BCUT2D eigenvalue weighted by Crippen LogP contribution is -2.49. The summed E-state index contributed by atoms with van der Waals surface area (Å²) in [4.78, 5) is 0. The Morgan fingerprint density at radius 3 is 2.47 bits per heavy atom. The number of nitrogens with one attached hydrogen (secondary N) is 1. The molecule has 0 radical (unpaired) electrons. The van der Waals surface area contributed by atoms with Gasteiger partial charge < -0.3 is 4.74 Å². The second kappa shape index (κ2) is 4.98. The molecular formula is C13H25NO2S. The van der Waals surface area contributed by atoms with E-state index >= 15 is 0 Å². The fraction of sp³-hybridized carbons (Fsp3) is 1.00. The van der Waals surface area contributed by atoms with Crippen molar-refractivity contribution in [1.82, 2.24) is 4.72 Å². The zero-order chi connectivity index (χ0) is 12.5. The number of hydrogen-bond acceptors (Lipinski definition) is 2. The third-order valence-corrected chi connectivity index (χ3v) is 5.68. The minimum Gasteiger partial charge on any atom is -0.379 e. The summed E-state index contributed by atoms with van der Waals surface area (Å²) in [7, 11) is -0.985. The standard InChI is InChI=1S/C13H25NO2S/c1-12(2,3)17(15)14-11-9-16-10-13(11)7-5-4-6-8-13/h11,14H,4-10H2,1-3H3. The molecule has 0 aromatic carbocycles. The highest BCUT2D eigenvalue weighted by molar-refractivity contribution is 7.84. The summed E-state index contributed by atoms with van der Waals surface area (Å²) < 4.78 is 21.0. The van der Waals surface area contributed by atoms with Gasteiger partial charge in [-0.25, -0.2) is 8.93 Å². The second-order valence-electron chi connectivity index (χ2n) is 6.49. The molecule has 100 valence electrons. The molecule has 2 atom stereocenters. The summed E-state index contributed by atoms with van der Waals surface area (Å²) in [6, 6.07) is 0.280. The first kappa shape index (κ1) is 13.5. The highest BCUT2D eigenvalue weighted by Crippen LogP contribution is 2.43. The van der Waals surface area contributed by atoms with E-state index in [0.717, 1.165) is 13.2 Å². The van der Waals surface area contributed by atoms with E-state index in [4.69, 9.17) is 4.74 Å². The SMILES string of the molecule is CC(C)(C)S(=O)NC1COCC12CCCCC2. The van der Waals surface area contributed by atoms with Crippen molar-refractivity contribution in [3.63, 3.8) is 0 Å². The van der Waals surface area contributed by atoms with Gasteiger partial charge in [0.1, 0.15) is 0 Å². The molecule has 0 bridgehead atoms. The molecule has 1 heterocycles. The summed E-state index contributed by atoms with van der Waals surface area (Å²) in [6.45, 7) is 7.62. The Morgan fingerprint density at radius 2 is 1.88 bits per heavy atom. The lowest BCUT2D eigenvalue weighted by molar-refractivity contribution is 0.119. The van der Waals surface area contributed by atoms with Gasteiger partial charge in [0.05, 0.1) is 35.0 Å². The molecule has 1 spiro atoms. The van der Waals surface area contributed by atoms with Crippen LogP contribution in [0.4, 0.5) is 0 Å². The molecule has 1 aliphatic heterocycles. The monoisotopic (exact) mass is 259 g/mol. The Bertz CT molecular complexity index is 292.